The Hall–Kier alpha value is -5.55. The molecule has 1 aromatic heterocycles. The molecule has 0 fully saturated rings. The Bertz CT molecular complexity index is 1870. The van der Waals surface area contributed by atoms with E-state index >= 15 is 0 Å². The lowest BCUT2D eigenvalue weighted by atomic mass is 9.89. The molecule has 0 saturated carbocycles. The number of allylic oxidation sites excluding steroid dienone is 1. The number of carboxylic acids is 1. The van der Waals surface area contributed by atoms with E-state index in [1.807, 2.05) is 30.3 Å². The predicted molar refractivity (Wildman–Crippen MR) is 168 cm³/mol. The summed E-state index contributed by atoms with van der Waals surface area (Å²) in [6, 6.07) is 25.9. The third-order valence-corrected chi connectivity index (χ3v) is 7.47. The topological polar surface area (TPSA) is 134 Å². The van der Waals surface area contributed by atoms with Crippen molar-refractivity contribution in [2.45, 2.75) is 13.0 Å². The third-order valence-electron chi connectivity index (χ3n) is 6.91. The normalized spacial score (nSPS) is 11.4. The zero-order valence-electron chi connectivity index (χ0n) is 24.4. The Balaban J connectivity index is 1.55. The van der Waals surface area contributed by atoms with Crippen LogP contribution in [-0.2, 0) is 27.4 Å². The maximum atomic E-state index is 14.2. The summed E-state index contributed by atoms with van der Waals surface area (Å²) in [5.74, 6) is -1.18. The van der Waals surface area contributed by atoms with E-state index in [9.17, 15) is 19.5 Å². The predicted octanol–water partition coefficient (Wildman–Crippen LogP) is 5.79. The molecule has 4 aromatic carbocycles. The Morgan fingerprint density at radius 3 is 2.20 bits per heavy atom. The minimum atomic E-state index is -1.30. The summed E-state index contributed by atoms with van der Waals surface area (Å²) in [6.45, 7) is -0.0460. The average molecular weight is 625 g/mol. The van der Waals surface area contributed by atoms with Crippen molar-refractivity contribution in [3.63, 3.8) is 0 Å². The molecule has 0 aliphatic heterocycles. The summed E-state index contributed by atoms with van der Waals surface area (Å²) in [5, 5.41) is 10.5. The smallest absolute Gasteiger partial charge is 0.343 e. The molecule has 11 heteroatoms. The molecule has 5 rings (SSSR count). The number of hydrogen-bond acceptors (Lipinski definition) is 10. The van der Waals surface area contributed by atoms with Crippen LogP contribution in [0.4, 0.5) is 0 Å². The van der Waals surface area contributed by atoms with E-state index in [0.717, 1.165) is 17.3 Å². The highest BCUT2D eigenvalue weighted by Crippen LogP contribution is 2.32. The van der Waals surface area contributed by atoms with Crippen molar-refractivity contribution in [2.24, 2.45) is 0 Å². The molecule has 0 amide bonds. The van der Waals surface area contributed by atoms with Gasteiger partial charge in [-0.3, -0.25) is 4.79 Å². The van der Waals surface area contributed by atoms with Gasteiger partial charge in [0.15, 0.2) is 12.4 Å². The van der Waals surface area contributed by atoms with E-state index < -0.39 is 24.3 Å². The molecule has 0 aliphatic carbocycles. The highest BCUT2D eigenvalue weighted by molar-refractivity contribution is 7.00. The zero-order valence-corrected chi connectivity index (χ0v) is 25.2. The van der Waals surface area contributed by atoms with E-state index in [4.69, 9.17) is 18.9 Å². The van der Waals surface area contributed by atoms with Gasteiger partial charge < -0.3 is 24.1 Å². The lowest BCUT2D eigenvalue weighted by Crippen LogP contribution is -2.16. The van der Waals surface area contributed by atoms with Crippen molar-refractivity contribution >= 4 is 46.1 Å². The summed E-state index contributed by atoms with van der Waals surface area (Å²) in [5.41, 5.74) is 2.92. The van der Waals surface area contributed by atoms with Gasteiger partial charge in [0, 0.05) is 23.6 Å². The number of nitrogens with zero attached hydrogens (tertiary/aromatic N) is 2. The van der Waals surface area contributed by atoms with Gasteiger partial charge in [0.25, 0.3) is 0 Å². The van der Waals surface area contributed by atoms with Crippen molar-refractivity contribution in [1.29, 1.82) is 0 Å². The third kappa shape index (κ3) is 7.51. The van der Waals surface area contributed by atoms with Gasteiger partial charge in [-0.15, -0.1) is 0 Å². The number of ether oxygens (including phenoxy) is 4. The molecule has 0 saturated heterocycles. The molecule has 45 heavy (non-hydrogen) atoms. The number of esters is 1. The van der Waals surface area contributed by atoms with Crippen molar-refractivity contribution in [3.8, 4) is 17.2 Å². The molecule has 228 valence electrons. The monoisotopic (exact) mass is 624 g/mol. The molecule has 0 radical (unpaired) electrons. The van der Waals surface area contributed by atoms with Crippen molar-refractivity contribution in [1.82, 2.24) is 8.75 Å². The van der Waals surface area contributed by atoms with Crippen LogP contribution in [0, 0.1) is 0 Å². The number of carboxylic acid groups (broad SMARTS) is 1. The molecular weight excluding hydrogens is 596 g/mol. The fourth-order valence-electron chi connectivity index (χ4n) is 4.59. The molecule has 0 bridgehead atoms. The van der Waals surface area contributed by atoms with E-state index in [1.54, 1.807) is 60.7 Å². The second-order valence-corrected chi connectivity index (χ2v) is 10.3. The second-order valence-electron chi connectivity index (χ2n) is 9.77. The molecule has 1 N–H and O–H groups in total. The first-order valence-corrected chi connectivity index (χ1v) is 14.5. The molecule has 0 atom stereocenters. The van der Waals surface area contributed by atoms with Crippen molar-refractivity contribution in [2.75, 3.05) is 20.8 Å². The Morgan fingerprint density at radius 1 is 0.778 bits per heavy atom. The molecular formula is C34H28N2O8S. The van der Waals surface area contributed by atoms with Gasteiger partial charge in [-0.2, -0.15) is 8.75 Å². The van der Waals surface area contributed by atoms with Crippen LogP contribution < -0.4 is 14.2 Å². The summed E-state index contributed by atoms with van der Waals surface area (Å²) in [7, 11) is 2.72. The minimum absolute atomic E-state index is 0.00363. The van der Waals surface area contributed by atoms with E-state index in [-0.39, 0.29) is 28.9 Å². The summed E-state index contributed by atoms with van der Waals surface area (Å²) in [4.78, 5) is 38.9. The number of ketones is 1. The van der Waals surface area contributed by atoms with Gasteiger partial charge in [-0.25, -0.2) is 9.59 Å². The largest absolute Gasteiger partial charge is 0.497 e. The summed E-state index contributed by atoms with van der Waals surface area (Å²) >= 11 is 1.01. The van der Waals surface area contributed by atoms with Crippen LogP contribution in [-0.4, -0.2) is 52.4 Å². The van der Waals surface area contributed by atoms with E-state index in [0.29, 0.717) is 40.3 Å². The Labute approximate surface area is 262 Å². The number of benzene rings is 4. The summed E-state index contributed by atoms with van der Waals surface area (Å²) in [6.07, 6.45) is -0.138. The minimum Gasteiger partial charge on any atom is -0.497 e. The van der Waals surface area contributed by atoms with Crippen LogP contribution in [0.15, 0.2) is 96.6 Å². The fourth-order valence-corrected chi connectivity index (χ4v) is 5.11. The molecule has 0 unspecified atom stereocenters. The number of Topliss-reactive ketones (excluding diaryl/α,β-unsaturated/α-hetero) is 1. The van der Waals surface area contributed by atoms with Gasteiger partial charge in [0.2, 0.25) is 0 Å². The van der Waals surface area contributed by atoms with Crippen molar-refractivity contribution < 1.29 is 38.4 Å². The number of methoxy groups -OCH3 is 2. The second kappa shape index (κ2) is 14.3. The van der Waals surface area contributed by atoms with Gasteiger partial charge in [0.05, 0.1) is 31.5 Å². The molecule has 10 nitrogen and oxygen atoms in total. The van der Waals surface area contributed by atoms with Gasteiger partial charge >= 0.3 is 11.9 Å². The first-order valence-electron chi connectivity index (χ1n) is 13.7. The number of carbonyl (C=O) groups excluding carboxylic acids is 2. The maximum Gasteiger partial charge on any atom is 0.343 e. The molecule has 1 heterocycles. The standard InChI is InChI=1S/C34H28N2O8S/c1-41-26-14-10-23(30(18-26)44-20-31(37)42-2)16-27(32(34(39)40)24-11-15-28-29(17-24)36-45-35-28)33(38)22-8-12-25(13-9-22)43-19-21-6-4-3-5-7-21/h3-15,17-18H,16,19-20H2,1-2H3,(H,39,40). The van der Waals surface area contributed by atoms with Crippen LogP contribution in [0.5, 0.6) is 17.2 Å². The lowest BCUT2D eigenvalue weighted by Gasteiger charge is -2.17. The first kappa shape index (κ1) is 30.9. The maximum absolute atomic E-state index is 14.2. The number of aliphatic carboxylic acids is 1. The Kier molecular flexibility index (Phi) is 9.80. The first-order chi connectivity index (χ1) is 21.9. The van der Waals surface area contributed by atoms with Crippen LogP contribution in [0.1, 0.15) is 27.0 Å². The molecule has 0 spiro atoms. The number of rotatable bonds is 13. The van der Waals surface area contributed by atoms with Crippen LogP contribution in [0.25, 0.3) is 16.6 Å². The number of hydrogen-bond donors (Lipinski definition) is 1. The van der Waals surface area contributed by atoms with Crippen LogP contribution >= 0.6 is 11.7 Å². The van der Waals surface area contributed by atoms with Crippen LogP contribution in [0.3, 0.4) is 0 Å². The Morgan fingerprint density at radius 2 is 1.49 bits per heavy atom. The number of fused-ring (bicyclic) bond motifs is 1. The highest BCUT2D eigenvalue weighted by Gasteiger charge is 2.26. The number of carbonyl (C=O) groups is 3. The molecule has 0 aliphatic rings. The lowest BCUT2D eigenvalue weighted by molar-refractivity contribution is -0.143. The number of aromatic nitrogens is 2. The fraction of sp³-hybridized carbons (Fsp3) is 0.147. The van der Waals surface area contributed by atoms with E-state index in [1.165, 1.54) is 14.2 Å². The zero-order chi connectivity index (χ0) is 31.8. The van der Waals surface area contributed by atoms with Gasteiger partial charge in [-0.05, 0) is 59.2 Å². The molecule has 5 aromatic rings. The van der Waals surface area contributed by atoms with Crippen molar-refractivity contribution in [3.05, 3.63) is 119 Å². The quantitative estimate of drug-likeness (QED) is 0.0974. The highest BCUT2D eigenvalue weighted by atomic mass is 32.1. The van der Waals surface area contributed by atoms with Gasteiger partial charge in [-0.1, -0.05) is 42.5 Å². The van der Waals surface area contributed by atoms with Crippen LogP contribution in [0.2, 0.25) is 0 Å². The van der Waals surface area contributed by atoms with Gasteiger partial charge in [0.1, 0.15) is 34.9 Å². The van der Waals surface area contributed by atoms with E-state index in [2.05, 4.69) is 8.75 Å². The SMILES string of the molecule is COC(=O)COc1cc(OC)ccc1CC(C(=O)c1ccc(OCc2ccccc2)cc1)=C(C(=O)O)c1ccc2nsnc2c1. The summed E-state index contributed by atoms with van der Waals surface area (Å²) < 4.78 is 30.0. The average Bonchev–Trinajstić information content (AvgIpc) is 3.55.